The van der Waals surface area contributed by atoms with Crippen molar-refractivity contribution in [3.05, 3.63) is 27.2 Å². The van der Waals surface area contributed by atoms with Gasteiger partial charge in [0.1, 0.15) is 6.10 Å². The molecule has 0 bridgehead atoms. The van der Waals surface area contributed by atoms with Gasteiger partial charge in [-0.15, -0.1) is 0 Å². The third kappa shape index (κ3) is 2.87. The molecule has 1 amide bonds. The minimum atomic E-state index is -0.364. The lowest BCUT2D eigenvalue weighted by molar-refractivity contribution is -0.126. The maximum absolute atomic E-state index is 12.1. The van der Waals surface area contributed by atoms with Gasteiger partial charge in [0.25, 0.3) is 5.91 Å². The van der Waals surface area contributed by atoms with Gasteiger partial charge in [-0.05, 0) is 52.9 Å². The van der Waals surface area contributed by atoms with Gasteiger partial charge in [0, 0.05) is 16.1 Å². The summed E-state index contributed by atoms with van der Waals surface area (Å²) in [7, 11) is 0. The molecule has 1 fully saturated rings. The summed E-state index contributed by atoms with van der Waals surface area (Å²) in [6, 6.07) is 3.63. The smallest absolute Gasteiger partial charge is 0.253 e. The van der Waals surface area contributed by atoms with Crippen LogP contribution in [-0.2, 0) is 9.53 Å². The first kappa shape index (κ1) is 13.8. The third-order valence-corrected chi connectivity index (χ3v) is 4.22. The van der Waals surface area contributed by atoms with Crippen LogP contribution in [0.2, 0.25) is 5.02 Å². The second-order valence-electron chi connectivity index (χ2n) is 4.63. The van der Waals surface area contributed by atoms with E-state index in [0.29, 0.717) is 17.3 Å². The molecule has 1 aliphatic rings. The van der Waals surface area contributed by atoms with E-state index in [1.165, 1.54) is 0 Å². The molecule has 3 nitrogen and oxygen atoms in total. The van der Waals surface area contributed by atoms with Crippen LogP contribution in [-0.4, -0.2) is 18.6 Å². The summed E-state index contributed by atoms with van der Waals surface area (Å²) < 4.78 is 6.26. The van der Waals surface area contributed by atoms with Gasteiger partial charge >= 0.3 is 0 Å². The van der Waals surface area contributed by atoms with E-state index in [1.807, 2.05) is 19.9 Å². The summed E-state index contributed by atoms with van der Waals surface area (Å²) >= 11 is 9.47. The number of amides is 1. The summed E-state index contributed by atoms with van der Waals surface area (Å²) in [6.07, 6.45) is 0.561. The zero-order chi connectivity index (χ0) is 13.3. The summed E-state index contributed by atoms with van der Waals surface area (Å²) in [5, 5.41) is 3.49. The molecule has 1 aliphatic heterocycles. The van der Waals surface area contributed by atoms with Gasteiger partial charge < -0.3 is 10.1 Å². The van der Waals surface area contributed by atoms with Crippen LogP contribution in [0.25, 0.3) is 0 Å². The molecule has 2 atom stereocenters. The molecule has 0 saturated carbocycles. The highest BCUT2D eigenvalue weighted by molar-refractivity contribution is 9.10. The van der Waals surface area contributed by atoms with Crippen molar-refractivity contribution in [3.63, 3.8) is 0 Å². The maximum Gasteiger partial charge on any atom is 0.253 e. The van der Waals surface area contributed by atoms with E-state index in [1.54, 1.807) is 6.07 Å². The quantitative estimate of drug-likeness (QED) is 0.895. The fourth-order valence-electron chi connectivity index (χ4n) is 1.98. The van der Waals surface area contributed by atoms with Crippen LogP contribution < -0.4 is 5.32 Å². The van der Waals surface area contributed by atoms with Crippen molar-refractivity contribution in [3.8, 4) is 0 Å². The molecule has 98 valence electrons. The summed E-state index contributed by atoms with van der Waals surface area (Å²) in [6.45, 7) is 4.59. The van der Waals surface area contributed by atoms with Crippen LogP contribution in [0.1, 0.15) is 18.9 Å². The number of hydrogen-bond donors (Lipinski definition) is 1. The average Bonchev–Trinajstić information content (AvgIpc) is 2.72. The van der Waals surface area contributed by atoms with Gasteiger partial charge in [-0.1, -0.05) is 18.5 Å². The highest BCUT2D eigenvalue weighted by Gasteiger charge is 2.31. The Balaban J connectivity index is 2.14. The average molecular weight is 333 g/mol. The lowest BCUT2D eigenvalue weighted by Crippen LogP contribution is -2.31. The zero-order valence-electron chi connectivity index (χ0n) is 10.3. The first-order chi connectivity index (χ1) is 8.49. The second-order valence-corrected chi connectivity index (χ2v) is 5.89. The molecule has 1 N–H and O–H groups in total. The predicted molar refractivity (Wildman–Crippen MR) is 76.0 cm³/mol. The SMILES string of the molecule is Cc1cc(Br)c(NC(=O)C2OCCC2C)cc1Cl. The summed E-state index contributed by atoms with van der Waals surface area (Å²) in [5.41, 5.74) is 1.64. The third-order valence-electron chi connectivity index (χ3n) is 3.15. The van der Waals surface area contributed by atoms with E-state index in [9.17, 15) is 4.79 Å². The predicted octanol–water partition coefficient (Wildman–Crippen LogP) is 3.77. The van der Waals surface area contributed by atoms with E-state index in [-0.39, 0.29) is 17.9 Å². The molecule has 1 saturated heterocycles. The molecule has 1 heterocycles. The van der Waals surface area contributed by atoms with Gasteiger partial charge in [-0.2, -0.15) is 0 Å². The Labute approximate surface area is 120 Å². The van der Waals surface area contributed by atoms with Crippen LogP contribution >= 0.6 is 27.5 Å². The molecule has 2 rings (SSSR count). The lowest BCUT2D eigenvalue weighted by Gasteiger charge is -2.16. The molecule has 5 heteroatoms. The summed E-state index contributed by atoms with van der Waals surface area (Å²) in [5.74, 6) is 0.144. The minimum Gasteiger partial charge on any atom is -0.368 e. The van der Waals surface area contributed by atoms with E-state index in [0.717, 1.165) is 16.5 Å². The van der Waals surface area contributed by atoms with Crippen molar-refractivity contribution >= 4 is 39.1 Å². The molecular weight excluding hydrogens is 318 g/mol. The molecule has 0 aromatic heterocycles. The van der Waals surface area contributed by atoms with Gasteiger partial charge in [0.2, 0.25) is 0 Å². The number of hydrogen-bond acceptors (Lipinski definition) is 2. The molecule has 1 aromatic rings. The number of rotatable bonds is 2. The Hall–Kier alpha value is -0.580. The number of halogens is 2. The molecule has 2 unspecified atom stereocenters. The first-order valence-electron chi connectivity index (χ1n) is 5.87. The standard InChI is InChI=1S/C13H15BrClNO2/c1-7-3-4-18-12(7)13(17)16-11-6-10(15)8(2)5-9(11)14/h5-7,12H,3-4H2,1-2H3,(H,16,17). The number of benzene rings is 1. The fraction of sp³-hybridized carbons (Fsp3) is 0.462. The van der Waals surface area contributed by atoms with Crippen LogP contribution in [0, 0.1) is 12.8 Å². The van der Waals surface area contributed by atoms with Crippen molar-refractivity contribution in [2.75, 3.05) is 11.9 Å². The molecular formula is C13H15BrClNO2. The van der Waals surface area contributed by atoms with Crippen molar-refractivity contribution in [2.24, 2.45) is 5.92 Å². The zero-order valence-corrected chi connectivity index (χ0v) is 12.6. The number of anilines is 1. The van der Waals surface area contributed by atoms with E-state index in [4.69, 9.17) is 16.3 Å². The normalized spacial score (nSPS) is 23.1. The molecule has 0 aliphatic carbocycles. The minimum absolute atomic E-state index is 0.111. The Morgan fingerprint density at radius 2 is 2.28 bits per heavy atom. The van der Waals surface area contributed by atoms with E-state index in [2.05, 4.69) is 21.2 Å². The monoisotopic (exact) mass is 331 g/mol. The van der Waals surface area contributed by atoms with E-state index >= 15 is 0 Å². The number of nitrogens with one attached hydrogen (secondary N) is 1. The second kappa shape index (κ2) is 5.59. The Bertz CT molecular complexity index is 478. The number of aryl methyl sites for hydroxylation is 1. The number of carbonyl (C=O) groups excluding carboxylic acids is 1. The Kier molecular flexibility index (Phi) is 4.30. The van der Waals surface area contributed by atoms with E-state index < -0.39 is 0 Å². The van der Waals surface area contributed by atoms with Crippen molar-refractivity contribution in [2.45, 2.75) is 26.4 Å². The van der Waals surface area contributed by atoms with Crippen molar-refractivity contribution < 1.29 is 9.53 Å². The van der Waals surface area contributed by atoms with Crippen LogP contribution in [0.5, 0.6) is 0 Å². The fourth-order valence-corrected chi connectivity index (χ4v) is 2.70. The summed E-state index contributed by atoms with van der Waals surface area (Å²) in [4.78, 5) is 12.1. The number of carbonyl (C=O) groups is 1. The molecule has 0 spiro atoms. The van der Waals surface area contributed by atoms with Crippen LogP contribution in [0.3, 0.4) is 0 Å². The highest BCUT2D eigenvalue weighted by Crippen LogP contribution is 2.30. The van der Waals surface area contributed by atoms with Crippen LogP contribution in [0.4, 0.5) is 5.69 Å². The first-order valence-corrected chi connectivity index (χ1v) is 7.04. The molecule has 0 radical (unpaired) electrons. The molecule has 18 heavy (non-hydrogen) atoms. The topological polar surface area (TPSA) is 38.3 Å². The maximum atomic E-state index is 12.1. The van der Waals surface area contributed by atoms with Crippen molar-refractivity contribution in [1.29, 1.82) is 0 Å². The van der Waals surface area contributed by atoms with Gasteiger partial charge in [0.15, 0.2) is 0 Å². The van der Waals surface area contributed by atoms with Crippen molar-refractivity contribution in [1.82, 2.24) is 0 Å². The van der Waals surface area contributed by atoms with Gasteiger partial charge in [0.05, 0.1) is 5.69 Å². The largest absolute Gasteiger partial charge is 0.368 e. The van der Waals surface area contributed by atoms with Crippen LogP contribution in [0.15, 0.2) is 16.6 Å². The lowest BCUT2D eigenvalue weighted by atomic mass is 10.0. The molecule has 1 aromatic carbocycles. The van der Waals surface area contributed by atoms with Gasteiger partial charge in [-0.3, -0.25) is 4.79 Å². The highest BCUT2D eigenvalue weighted by atomic mass is 79.9. The Morgan fingerprint density at radius 3 is 2.89 bits per heavy atom. The number of ether oxygens (including phenoxy) is 1. The van der Waals surface area contributed by atoms with Gasteiger partial charge in [-0.25, -0.2) is 0 Å². The Morgan fingerprint density at radius 1 is 1.56 bits per heavy atom.